The molecule has 0 saturated heterocycles. The fourth-order valence-corrected chi connectivity index (χ4v) is 6.81. The second-order valence-electron chi connectivity index (χ2n) is 8.99. The Kier molecular flexibility index (Phi) is 6.75. The molecule has 0 spiro atoms. The smallest absolute Gasteiger partial charge is 0.240 e. The summed E-state index contributed by atoms with van der Waals surface area (Å²) < 4.78 is 1.72. The lowest BCUT2D eigenvalue weighted by Gasteiger charge is -2.23. The van der Waals surface area contributed by atoms with Crippen LogP contribution in [0.5, 0.6) is 0 Å². The second kappa shape index (κ2) is 10.2. The van der Waals surface area contributed by atoms with E-state index in [1.165, 1.54) is 11.8 Å². The average Bonchev–Trinajstić information content (AvgIpc) is 3.41. The van der Waals surface area contributed by atoms with Gasteiger partial charge in [-0.15, -0.1) is 23.1 Å². The highest BCUT2D eigenvalue weighted by Crippen LogP contribution is 2.49. The number of amides is 2. The SMILES string of the molecule is O=C(CN1C(=O)CS[C@H](c2cccc(Cl)c2)c2c(-c3cccs3)nn(-c3ccccc3Cl)c21)NC1CC1. The van der Waals surface area contributed by atoms with E-state index in [2.05, 4.69) is 5.32 Å². The maximum absolute atomic E-state index is 13.6. The van der Waals surface area contributed by atoms with Crippen LogP contribution in [0, 0.1) is 0 Å². The summed E-state index contributed by atoms with van der Waals surface area (Å²) in [5, 5.41) is 10.9. The Hall–Kier alpha value is -2.78. The van der Waals surface area contributed by atoms with Crippen LogP contribution in [0.2, 0.25) is 10.0 Å². The molecule has 0 unspecified atom stereocenters. The second-order valence-corrected chi connectivity index (χ2v) is 11.9. The van der Waals surface area contributed by atoms with Crippen LogP contribution in [0.25, 0.3) is 16.3 Å². The monoisotopic (exact) mass is 568 g/mol. The zero-order valence-electron chi connectivity index (χ0n) is 19.6. The molecule has 4 aromatic rings. The summed E-state index contributed by atoms with van der Waals surface area (Å²) in [6.07, 6.45) is 1.94. The number of aromatic nitrogens is 2. The Morgan fingerprint density at radius 3 is 2.65 bits per heavy atom. The number of para-hydroxylation sites is 1. The number of nitrogens with zero attached hydrogens (tertiary/aromatic N) is 3. The first-order valence-electron chi connectivity index (χ1n) is 11.9. The molecule has 10 heteroatoms. The third-order valence-corrected chi connectivity index (χ3v) is 9.01. The van der Waals surface area contributed by atoms with Crippen molar-refractivity contribution >= 4 is 63.9 Å². The fourth-order valence-electron chi connectivity index (χ4n) is 4.48. The highest BCUT2D eigenvalue weighted by molar-refractivity contribution is 8.00. The highest BCUT2D eigenvalue weighted by atomic mass is 35.5. The van der Waals surface area contributed by atoms with Crippen LogP contribution in [0.3, 0.4) is 0 Å². The minimum atomic E-state index is -0.234. The van der Waals surface area contributed by atoms with Crippen molar-refractivity contribution < 1.29 is 9.59 Å². The van der Waals surface area contributed by atoms with E-state index >= 15 is 0 Å². The zero-order chi connectivity index (χ0) is 25.5. The molecule has 0 radical (unpaired) electrons. The van der Waals surface area contributed by atoms with Crippen LogP contribution < -0.4 is 10.2 Å². The topological polar surface area (TPSA) is 67.2 Å². The number of halogens is 2. The summed E-state index contributed by atoms with van der Waals surface area (Å²) in [7, 11) is 0. The summed E-state index contributed by atoms with van der Waals surface area (Å²) >= 11 is 16.1. The molecule has 2 amide bonds. The molecule has 1 aliphatic heterocycles. The number of fused-ring (bicyclic) bond motifs is 1. The van der Waals surface area contributed by atoms with Crippen LogP contribution in [0.1, 0.15) is 29.2 Å². The van der Waals surface area contributed by atoms with Crippen LogP contribution in [-0.4, -0.2) is 39.9 Å². The summed E-state index contributed by atoms with van der Waals surface area (Å²) in [5.74, 6) is 0.419. The Labute approximate surface area is 232 Å². The zero-order valence-corrected chi connectivity index (χ0v) is 22.7. The van der Waals surface area contributed by atoms with Gasteiger partial charge in [0.2, 0.25) is 11.8 Å². The molecule has 1 N–H and O–H groups in total. The van der Waals surface area contributed by atoms with E-state index < -0.39 is 0 Å². The van der Waals surface area contributed by atoms with Gasteiger partial charge in [-0.2, -0.15) is 5.10 Å². The van der Waals surface area contributed by atoms with Crippen molar-refractivity contribution in [2.75, 3.05) is 17.2 Å². The number of anilines is 1. The number of carbonyl (C=O) groups is 2. The first-order valence-corrected chi connectivity index (χ1v) is 14.6. The van der Waals surface area contributed by atoms with Crippen LogP contribution in [0.4, 0.5) is 5.82 Å². The molecule has 6 nitrogen and oxygen atoms in total. The van der Waals surface area contributed by atoms with E-state index in [1.807, 2.05) is 60.0 Å². The van der Waals surface area contributed by atoms with Gasteiger partial charge in [-0.1, -0.05) is 53.5 Å². The molecule has 0 bridgehead atoms. The molecule has 1 atom stereocenters. The molecule has 1 aliphatic carbocycles. The highest BCUT2D eigenvalue weighted by Gasteiger charge is 2.38. The summed E-state index contributed by atoms with van der Waals surface area (Å²) in [6, 6.07) is 19.3. The summed E-state index contributed by atoms with van der Waals surface area (Å²) in [5.41, 5.74) is 3.22. The average molecular weight is 570 g/mol. The van der Waals surface area contributed by atoms with Crippen molar-refractivity contribution in [2.24, 2.45) is 0 Å². The molecule has 3 heterocycles. The lowest BCUT2D eigenvalue weighted by atomic mass is 10.0. The quantitative estimate of drug-likeness (QED) is 0.294. The largest absolute Gasteiger partial charge is 0.352 e. The van der Waals surface area contributed by atoms with Gasteiger partial charge >= 0.3 is 0 Å². The van der Waals surface area contributed by atoms with Gasteiger partial charge in [0.1, 0.15) is 18.1 Å². The maximum atomic E-state index is 13.6. The molecule has 188 valence electrons. The first kappa shape index (κ1) is 24.6. The van der Waals surface area contributed by atoms with E-state index in [0.717, 1.165) is 34.5 Å². The first-order chi connectivity index (χ1) is 18.0. The number of hydrogen-bond donors (Lipinski definition) is 1. The van der Waals surface area contributed by atoms with Crippen molar-refractivity contribution in [3.8, 4) is 16.3 Å². The minimum Gasteiger partial charge on any atom is -0.352 e. The van der Waals surface area contributed by atoms with Gasteiger partial charge < -0.3 is 5.32 Å². The van der Waals surface area contributed by atoms with Gasteiger partial charge in [0.05, 0.1) is 26.6 Å². The van der Waals surface area contributed by atoms with E-state index in [0.29, 0.717) is 21.6 Å². The van der Waals surface area contributed by atoms with E-state index in [4.69, 9.17) is 28.3 Å². The van der Waals surface area contributed by atoms with Crippen LogP contribution >= 0.6 is 46.3 Å². The third kappa shape index (κ3) is 4.91. The number of benzene rings is 2. The molecule has 6 rings (SSSR count). The number of hydrogen-bond acceptors (Lipinski definition) is 5. The standard InChI is InChI=1S/C27H22Cl2N4O2S2/c28-17-6-3-5-16(13-17)26-24-25(21-9-4-12-36-21)31-33(20-8-2-1-7-19(20)29)27(24)32(23(35)15-37-26)14-22(34)30-18-10-11-18/h1-9,12-13,18,26H,10-11,14-15H2,(H,30,34)/t26-/m1/s1. The number of thiophene rings is 1. The Morgan fingerprint density at radius 2 is 1.92 bits per heavy atom. The van der Waals surface area contributed by atoms with Crippen molar-refractivity contribution in [3.63, 3.8) is 0 Å². The van der Waals surface area contributed by atoms with Crippen molar-refractivity contribution in [2.45, 2.75) is 24.1 Å². The summed E-state index contributed by atoms with van der Waals surface area (Å²) in [4.78, 5) is 29.2. The minimum absolute atomic E-state index is 0.0921. The maximum Gasteiger partial charge on any atom is 0.240 e. The Bertz CT molecular complexity index is 1480. The van der Waals surface area contributed by atoms with Gasteiger partial charge in [-0.05, 0) is 54.1 Å². The van der Waals surface area contributed by atoms with Crippen molar-refractivity contribution in [1.29, 1.82) is 0 Å². The van der Waals surface area contributed by atoms with Crippen molar-refractivity contribution in [1.82, 2.24) is 15.1 Å². The van der Waals surface area contributed by atoms with Crippen molar-refractivity contribution in [3.05, 3.63) is 87.2 Å². The van der Waals surface area contributed by atoms with Gasteiger partial charge in [0.25, 0.3) is 0 Å². The third-order valence-electron chi connectivity index (χ3n) is 6.32. The molecule has 2 aliphatic rings. The Balaban J connectivity index is 1.61. The normalized spacial score (nSPS) is 17.4. The lowest BCUT2D eigenvalue weighted by Crippen LogP contribution is -2.43. The molecule has 1 fully saturated rings. The van der Waals surface area contributed by atoms with E-state index in [9.17, 15) is 9.59 Å². The predicted octanol–water partition coefficient (Wildman–Crippen LogP) is 6.36. The summed E-state index contributed by atoms with van der Waals surface area (Å²) in [6.45, 7) is -0.0921. The van der Waals surface area contributed by atoms with E-state index in [1.54, 1.807) is 27.0 Å². The lowest BCUT2D eigenvalue weighted by molar-refractivity contribution is -0.123. The molecule has 1 saturated carbocycles. The van der Waals surface area contributed by atoms with Gasteiger partial charge in [0, 0.05) is 16.6 Å². The number of carbonyl (C=O) groups excluding carboxylic acids is 2. The Morgan fingerprint density at radius 1 is 1.08 bits per heavy atom. The molecular weight excluding hydrogens is 547 g/mol. The molecule has 2 aromatic carbocycles. The number of thioether (sulfide) groups is 1. The van der Waals surface area contributed by atoms with Gasteiger partial charge in [0.15, 0.2) is 0 Å². The fraction of sp³-hybridized carbons (Fsp3) is 0.222. The molecular formula is C27H22Cl2N4O2S2. The van der Waals surface area contributed by atoms with Gasteiger partial charge in [-0.25, -0.2) is 4.68 Å². The number of nitrogens with one attached hydrogen (secondary N) is 1. The predicted molar refractivity (Wildman–Crippen MR) is 151 cm³/mol. The molecule has 2 aromatic heterocycles. The molecule has 37 heavy (non-hydrogen) atoms. The van der Waals surface area contributed by atoms with Gasteiger partial charge in [-0.3, -0.25) is 14.5 Å². The van der Waals surface area contributed by atoms with E-state index in [-0.39, 0.29) is 35.4 Å². The van der Waals surface area contributed by atoms with Crippen LogP contribution in [-0.2, 0) is 9.59 Å². The number of rotatable bonds is 6. The van der Waals surface area contributed by atoms with Crippen LogP contribution in [0.15, 0.2) is 66.0 Å².